The minimum absolute atomic E-state index is 0.0852. The SMILES string of the molecule is O=C1NCCc2c(n(Cc3ccccc3)c3ccccc23)C1c1ccccc1. The van der Waals surface area contributed by atoms with Gasteiger partial charge < -0.3 is 9.88 Å². The smallest absolute Gasteiger partial charge is 0.233 e. The molecular weight excluding hydrogens is 344 g/mol. The first-order valence-electron chi connectivity index (χ1n) is 9.79. The van der Waals surface area contributed by atoms with Crippen molar-refractivity contribution in [3.05, 3.63) is 107 Å². The van der Waals surface area contributed by atoms with E-state index in [4.69, 9.17) is 0 Å². The van der Waals surface area contributed by atoms with Gasteiger partial charge in [-0.25, -0.2) is 0 Å². The molecule has 0 bridgehead atoms. The summed E-state index contributed by atoms with van der Waals surface area (Å²) in [5, 5.41) is 4.39. The third-order valence-electron chi connectivity index (χ3n) is 5.65. The van der Waals surface area contributed by atoms with E-state index >= 15 is 0 Å². The topological polar surface area (TPSA) is 34.0 Å². The van der Waals surface area contributed by atoms with Crippen LogP contribution in [0.15, 0.2) is 84.9 Å². The average Bonchev–Trinajstić information content (AvgIpc) is 2.92. The van der Waals surface area contributed by atoms with E-state index < -0.39 is 0 Å². The molecule has 3 aromatic carbocycles. The van der Waals surface area contributed by atoms with Crippen LogP contribution in [0, 0.1) is 0 Å². The predicted octanol–water partition coefficient (Wildman–Crippen LogP) is 4.49. The van der Waals surface area contributed by atoms with Gasteiger partial charge in [0.15, 0.2) is 0 Å². The maximum absolute atomic E-state index is 13.1. The summed E-state index contributed by atoms with van der Waals surface area (Å²) in [5.74, 6) is -0.211. The Bertz CT molecular complexity index is 1130. The first-order chi connectivity index (χ1) is 13.8. The van der Waals surface area contributed by atoms with Crippen LogP contribution in [0.2, 0.25) is 0 Å². The zero-order valence-electron chi connectivity index (χ0n) is 15.6. The van der Waals surface area contributed by atoms with Crippen LogP contribution in [0.4, 0.5) is 0 Å². The second-order valence-electron chi connectivity index (χ2n) is 7.34. The lowest BCUT2D eigenvalue weighted by Gasteiger charge is -2.20. The number of carbonyl (C=O) groups excluding carboxylic acids is 1. The van der Waals surface area contributed by atoms with Crippen LogP contribution < -0.4 is 5.32 Å². The van der Waals surface area contributed by atoms with Gasteiger partial charge in [0.25, 0.3) is 0 Å². The number of hydrogen-bond acceptors (Lipinski definition) is 1. The molecule has 1 aliphatic heterocycles. The quantitative estimate of drug-likeness (QED) is 0.569. The van der Waals surface area contributed by atoms with Gasteiger partial charge in [-0.05, 0) is 29.2 Å². The van der Waals surface area contributed by atoms with Gasteiger partial charge in [0.05, 0.1) is 0 Å². The van der Waals surface area contributed by atoms with Crippen molar-refractivity contribution in [2.45, 2.75) is 18.9 Å². The van der Waals surface area contributed by atoms with Gasteiger partial charge in [-0.2, -0.15) is 0 Å². The van der Waals surface area contributed by atoms with Crippen molar-refractivity contribution in [3.63, 3.8) is 0 Å². The summed E-state index contributed by atoms with van der Waals surface area (Å²) in [6.45, 7) is 1.43. The van der Waals surface area contributed by atoms with Gasteiger partial charge in [-0.15, -0.1) is 0 Å². The Morgan fingerprint density at radius 1 is 0.857 bits per heavy atom. The van der Waals surface area contributed by atoms with Crippen LogP contribution in [0.5, 0.6) is 0 Å². The van der Waals surface area contributed by atoms with Crippen LogP contribution in [-0.2, 0) is 17.8 Å². The zero-order chi connectivity index (χ0) is 18.9. The number of carbonyl (C=O) groups is 1. The lowest BCUT2D eigenvalue weighted by atomic mass is 9.92. The highest BCUT2D eigenvalue weighted by atomic mass is 16.1. The average molecular weight is 366 g/mol. The van der Waals surface area contributed by atoms with Gasteiger partial charge >= 0.3 is 0 Å². The summed E-state index contributed by atoms with van der Waals surface area (Å²) < 4.78 is 2.35. The highest BCUT2D eigenvalue weighted by Gasteiger charge is 2.32. The van der Waals surface area contributed by atoms with E-state index in [0.29, 0.717) is 6.54 Å². The maximum atomic E-state index is 13.1. The number of amides is 1. The Kier molecular flexibility index (Phi) is 4.21. The summed E-state index contributed by atoms with van der Waals surface area (Å²) >= 11 is 0. The lowest BCUT2D eigenvalue weighted by Crippen LogP contribution is -2.30. The molecule has 0 radical (unpaired) electrons. The number of hydrogen-bond donors (Lipinski definition) is 1. The second kappa shape index (κ2) is 7.01. The predicted molar refractivity (Wildman–Crippen MR) is 112 cm³/mol. The normalized spacial score (nSPS) is 16.4. The molecule has 0 fully saturated rings. The number of para-hydroxylation sites is 1. The second-order valence-corrected chi connectivity index (χ2v) is 7.34. The summed E-state index contributed by atoms with van der Waals surface area (Å²) in [4.78, 5) is 13.1. The Morgan fingerprint density at radius 2 is 1.54 bits per heavy atom. The highest BCUT2D eigenvalue weighted by Crippen LogP contribution is 2.37. The molecule has 4 aromatic rings. The molecular formula is C25H22N2O. The monoisotopic (exact) mass is 366 g/mol. The van der Waals surface area contributed by atoms with Crippen LogP contribution in [0.1, 0.15) is 28.3 Å². The van der Waals surface area contributed by atoms with E-state index in [0.717, 1.165) is 24.2 Å². The maximum Gasteiger partial charge on any atom is 0.233 e. The molecule has 1 aliphatic rings. The summed E-state index contributed by atoms with van der Waals surface area (Å²) in [6.07, 6.45) is 0.854. The lowest BCUT2D eigenvalue weighted by molar-refractivity contribution is -0.121. The van der Waals surface area contributed by atoms with Gasteiger partial charge in [0.1, 0.15) is 5.92 Å². The fraction of sp³-hybridized carbons (Fsp3) is 0.160. The molecule has 28 heavy (non-hydrogen) atoms. The minimum Gasteiger partial charge on any atom is -0.355 e. The first kappa shape index (κ1) is 16.8. The van der Waals surface area contributed by atoms with Gasteiger partial charge in [-0.3, -0.25) is 4.79 Å². The molecule has 0 spiro atoms. The molecule has 5 rings (SSSR count). The molecule has 1 N–H and O–H groups in total. The third kappa shape index (κ3) is 2.80. The Morgan fingerprint density at radius 3 is 2.32 bits per heavy atom. The first-order valence-corrected chi connectivity index (χ1v) is 9.79. The van der Waals surface area contributed by atoms with Crippen LogP contribution in [0.25, 0.3) is 10.9 Å². The molecule has 2 heterocycles. The van der Waals surface area contributed by atoms with Crippen molar-refractivity contribution in [2.75, 3.05) is 6.54 Å². The van der Waals surface area contributed by atoms with Crippen molar-refractivity contribution in [3.8, 4) is 0 Å². The van der Waals surface area contributed by atoms with Gasteiger partial charge in [0, 0.05) is 29.7 Å². The third-order valence-corrected chi connectivity index (χ3v) is 5.65. The number of nitrogens with one attached hydrogen (secondary N) is 1. The molecule has 0 aliphatic carbocycles. The molecule has 1 atom stereocenters. The summed E-state index contributed by atoms with van der Waals surface area (Å²) in [7, 11) is 0. The molecule has 3 nitrogen and oxygen atoms in total. The fourth-order valence-electron chi connectivity index (χ4n) is 4.42. The Labute approximate surface area is 164 Å². The number of aromatic nitrogens is 1. The highest BCUT2D eigenvalue weighted by molar-refractivity contribution is 5.93. The Hall–Kier alpha value is -3.33. The standard InChI is InChI=1S/C25H22N2O/c28-25-23(19-11-5-2-6-12-19)24-21(15-16-26-25)20-13-7-8-14-22(20)27(24)17-18-9-3-1-4-10-18/h1-14,23H,15-17H2,(H,26,28). The van der Waals surface area contributed by atoms with Crippen molar-refractivity contribution in [2.24, 2.45) is 0 Å². The molecule has 1 aromatic heterocycles. The van der Waals surface area contributed by atoms with Crippen molar-refractivity contribution in [1.29, 1.82) is 0 Å². The van der Waals surface area contributed by atoms with Crippen molar-refractivity contribution >= 4 is 16.8 Å². The van der Waals surface area contributed by atoms with Crippen LogP contribution in [-0.4, -0.2) is 17.0 Å². The van der Waals surface area contributed by atoms with Crippen LogP contribution >= 0.6 is 0 Å². The van der Waals surface area contributed by atoms with E-state index in [1.165, 1.54) is 22.0 Å². The van der Waals surface area contributed by atoms with Gasteiger partial charge in [-0.1, -0.05) is 78.9 Å². The molecule has 0 saturated heterocycles. The van der Waals surface area contributed by atoms with E-state index in [1.807, 2.05) is 24.3 Å². The number of nitrogens with zero attached hydrogens (tertiary/aromatic N) is 1. The van der Waals surface area contributed by atoms with Gasteiger partial charge in [0.2, 0.25) is 5.91 Å². The molecule has 3 heteroatoms. The molecule has 0 saturated carbocycles. The van der Waals surface area contributed by atoms with E-state index in [9.17, 15) is 4.79 Å². The van der Waals surface area contributed by atoms with Crippen LogP contribution in [0.3, 0.4) is 0 Å². The fourth-order valence-corrected chi connectivity index (χ4v) is 4.42. The number of fused-ring (bicyclic) bond motifs is 3. The van der Waals surface area contributed by atoms with E-state index in [2.05, 4.69) is 70.5 Å². The van der Waals surface area contributed by atoms with Crippen molar-refractivity contribution in [1.82, 2.24) is 9.88 Å². The molecule has 138 valence electrons. The van der Waals surface area contributed by atoms with E-state index in [1.54, 1.807) is 0 Å². The number of rotatable bonds is 3. The minimum atomic E-state index is -0.296. The summed E-state index contributed by atoms with van der Waals surface area (Å²) in [6, 6.07) is 29.2. The Balaban J connectivity index is 1.78. The molecule has 1 unspecified atom stereocenters. The largest absolute Gasteiger partial charge is 0.355 e. The number of benzene rings is 3. The van der Waals surface area contributed by atoms with Crippen molar-refractivity contribution < 1.29 is 4.79 Å². The van der Waals surface area contributed by atoms with E-state index in [-0.39, 0.29) is 11.8 Å². The summed E-state index contributed by atoms with van der Waals surface area (Å²) in [5.41, 5.74) is 5.90. The zero-order valence-corrected chi connectivity index (χ0v) is 15.6. The molecule has 1 amide bonds.